The monoisotopic (exact) mass is 482 g/mol. The van der Waals surface area contributed by atoms with Gasteiger partial charge in [-0.3, -0.25) is 0 Å². The van der Waals surface area contributed by atoms with Crippen LogP contribution < -0.4 is 10.1 Å². The topological polar surface area (TPSA) is 114 Å². The molecule has 4 rings (SSSR count). The third kappa shape index (κ3) is 5.64. The van der Waals surface area contributed by atoms with Crippen LogP contribution >= 0.6 is 0 Å². The first-order valence-corrected chi connectivity index (χ1v) is 11.8. The maximum absolute atomic E-state index is 12.5. The predicted octanol–water partition coefficient (Wildman–Crippen LogP) is 3.84. The van der Waals surface area contributed by atoms with Gasteiger partial charge in [0, 0.05) is 25.2 Å². The number of nitrogens with zero attached hydrogens (tertiary/aromatic N) is 5. The predicted molar refractivity (Wildman–Crippen MR) is 132 cm³/mol. The summed E-state index contributed by atoms with van der Waals surface area (Å²) in [7, 11) is 1.54. The molecule has 10 nitrogen and oxygen atoms in total. The number of hydrogen-bond acceptors (Lipinski definition) is 8. The molecular weight excluding hydrogens is 448 g/mol. The number of likely N-dealkylation sites (tertiary alicyclic amines) is 1. The highest BCUT2D eigenvalue weighted by Crippen LogP contribution is 2.30. The Balaban J connectivity index is 1.56. The van der Waals surface area contributed by atoms with Gasteiger partial charge in [0.25, 0.3) is 0 Å². The van der Waals surface area contributed by atoms with Crippen molar-refractivity contribution in [3.8, 4) is 17.1 Å². The van der Waals surface area contributed by atoms with Gasteiger partial charge >= 0.3 is 6.09 Å². The summed E-state index contributed by atoms with van der Waals surface area (Å²) in [5.41, 5.74) is 0.650. The average molecular weight is 483 g/mol. The fourth-order valence-electron chi connectivity index (χ4n) is 4.11. The van der Waals surface area contributed by atoms with E-state index in [-0.39, 0.29) is 12.1 Å². The number of fused-ring (bicyclic) bond motifs is 1. The zero-order valence-electron chi connectivity index (χ0n) is 21.2. The van der Waals surface area contributed by atoms with Crippen LogP contribution in [-0.2, 0) is 10.3 Å². The number of aliphatic hydroxyl groups is 1. The summed E-state index contributed by atoms with van der Waals surface area (Å²) in [5.74, 6) is 1.17. The van der Waals surface area contributed by atoms with Gasteiger partial charge in [0.05, 0.1) is 19.0 Å². The number of rotatable bonds is 5. The Kier molecular flexibility index (Phi) is 6.59. The number of carbonyl (C=O) groups is 1. The van der Waals surface area contributed by atoms with Crippen LogP contribution in [0.4, 0.5) is 10.6 Å². The molecule has 0 unspecified atom stereocenters. The number of methoxy groups -OCH3 is 1. The number of anilines is 1. The van der Waals surface area contributed by atoms with Crippen molar-refractivity contribution in [2.75, 3.05) is 25.5 Å². The highest BCUT2D eigenvalue weighted by Gasteiger charge is 2.28. The largest absolute Gasteiger partial charge is 0.495 e. The first kappa shape index (κ1) is 24.7. The molecule has 0 radical (unpaired) electrons. The fourth-order valence-corrected chi connectivity index (χ4v) is 4.11. The second kappa shape index (κ2) is 9.33. The minimum absolute atomic E-state index is 0.0605. The van der Waals surface area contributed by atoms with Crippen LogP contribution in [0.15, 0.2) is 30.5 Å². The molecule has 1 fully saturated rings. The van der Waals surface area contributed by atoms with Crippen molar-refractivity contribution in [3.63, 3.8) is 0 Å². The third-order valence-electron chi connectivity index (χ3n) is 5.69. The van der Waals surface area contributed by atoms with E-state index in [1.54, 1.807) is 42.6 Å². The van der Waals surface area contributed by atoms with E-state index in [2.05, 4.69) is 15.4 Å². The van der Waals surface area contributed by atoms with Crippen molar-refractivity contribution >= 4 is 17.6 Å². The number of aromatic nitrogens is 4. The molecule has 188 valence electrons. The van der Waals surface area contributed by atoms with Crippen molar-refractivity contribution in [2.24, 2.45) is 0 Å². The number of amides is 1. The molecule has 3 aromatic rings. The fraction of sp³-hybridized carbons (Fsp3) is 0.520. The maximum atomic E-state index is 12.5. The summed E-state index contributed by atoms with van der Waals surface area (Å²) >= 11 is 0. The minimum atomic E-state index is -1.20. The summed E-state index contributed by atoms with van der Waals surface area (Å²) in [6.45, 7) is 10.2. The van der Waals surface area contributed by atoms with Crippen molar-refractivity contribution in [2.45, 2.75) is 64.7 Å². The second-order valence-electron chi connectivity index (χ2n) is 10.4. The van der Waals surface area contributed by atoms with E-state index >= 15 is 0 Å². The molecule has 0 aromatic carbocycles. The number of piperidine rings is 1. The molecule has 0 bridgehead atoms. The van der Waals surface area contributed by atoms with Gasteiger partial charge in [-0.15, -0.1) is 0 Å². The lowest BCUT2D eigenvalue weighted by molar-refractivity contribution is 0.0206. The number of hydrogen-bond donors (Lipinski definition) is 2. The zero-order chi connectivity index (χ0) is 25.4. The number of imidazole rings is 1. The van der Waals surface area contributed by atoms with E-state index in [9.17, 15) is 9.90 Å². The Labute approximate surface area is 205 Å². The Morgan fingerprint density at radius 3 is 2.69 bits per heavy atom. The van der Waals surface area contributed by atoms with Gasteiger partial charge in [-0.25, -0.2) is 19.3 Å². The molecule has 2 N–H and O–H groups in total. The molecule has 1 saturated heterocycles. The second-order valence-corrected chi connectivity index (χ2v) is 10.4. The molecule has 10 heteroatoms. The number of pyridine rings is 1. The maximum Gasteiger partial charge on any atom is 0.410 e. The van der Waals surface area contributed by atoms with E-state index in [4.69, 9.17) is 14.5 Å². The quantitative estimate of drug-likeness (QED) is 0.564. The van der Waals surface area contributed by atoms with Crippen molar-refractivity contribution in [1.29, 1.82) is 0 Å². The standard InChI is InChI=1S/C25H34N6O4/c1-24(2,3)35-23(32)30-12-8-9-16(15-30)27-20-11-7-10-17(28-20)18-14-26-21-13-19(34-6)22(25(4,5)33)29-31(18)21/h7,10-11,13-14,16,33H,8-9,12,15H2,1-6H3,(H,27,28)/t16-/m1/s1. The van der Waals surface area contributed by atoms with Crippen LogP contribution in [0, 0.1) is 0 Å². The molecule has 4 heterocycles. The molecule has 1 aliphatic rings. The molecular formula is C25H34N6O4. The van der Waals surface area contributed by atoms with Gasteiger partial charge < -0.3 is 24.8 Å². The van der Waals surface area contributed by atoms with Gasteiger partial charge in [-0.05, 0) is 59.6 Å². The Morgan fingerprint density at radius 1 is 1.23 bits per heavy atom. The molecule has 35 heavy (non-hydrogen) atoms. The van der Waals surface area contributed by atoms with Gasteiger partial charge in [-0.2, -0.15) is 5.10 Å². The van der Waals surface area contributed by atoms with Crippen LogP contribution in [0.25, 0.3) is 17.0 Å². The van der Waals surface area contributed by atoms with Gasteiger partial charge in [0.15, 0.2) is 5.65 Å². The smallest absolute Gasteiger partial charge is 0.410 e. The van der Waals surface area contributed by atoms with E-state index in [1.165, 1.54) is 0 Å². The Hall–Kier alpha value is -3.40. The van der Waals surface area contributed by atoms with Gasteiger partial charge in [0.2, 0.25) is 0 Å². The van der Waals surface area contributed by atoms with Crippen LogP contribution in [0.5, 0.6) is 5.75 Å². The first-order chi connectivity index (χ1) is 16.4. The van der Waals surface area contributed by atoms with Crippen molar-refractivity contribution in [1.82, 2.24) is 24.5 Å². The summed E-state index contributed by atoms with van der Waals surface area (Å²) in [4.78, 5) is 23.5. The summed E-state index contributed by atoms with van der Waals surface area (Å²) in [5, 5.41) is 18.7. The number of ether oxygens (including phenoxy) is 2. The van der Waals surface area contributed by atoms with E-state index in [1.807, 2.05) is 39.0 Å². The Morgan fingerprint density at radius 2 is 2.00 bits per heavy atom. The number of carbonyl (C=O) groups excluding carboxylic acids is 1. The van der Waals surface area contributed by atoms with Crippen LogP contribution in [0.1, 0.15) is 53.2 Å². The zero-order valence-corrected chi connectivity index (χ0v) is 21.2. The molecule has 1 atom stereocenters. The third-order valence-corrected chi connectivity index (χ3v) is 5.69. The minimum Gasteiger partial charge on any atom is -0.495 e. The van der Waals surface area contributed by atoms with E-state index in [0.29, 0.717) is 47.4 Å². The molecule has 1 amide bonds. The van der Waals surface area contributed by atoms with Crippen molar-refractivity contribution < 1.29 is 19.4 Å². The van der Waals surface area contributed by atoms with Crippen LogP contribution in [-0.4, -0.2) is 67.5 Å². The lowest BCUT2D eigenvalue weighted by atomic mass is 10.0. The molecule has 0 aliphatic carbocycles. The Bertz CT molecular complexity index is 1210. The SMILES string of the molecule is COc1cc2ncc(-c3cccc(N[C@@H]4CCCN(C(=O)OC(C)(C)C)C4)n3)n2nc1C(C)(C)O. The lowest BCUT2D eigenvalue weighted by Crippen LogP contribution is -2.47. The van der Waals surface area contributed by atoms with Crippen molar-refractivity contribution in [3.05, 3.63) is 36.2 Å². The summed E-state index contributed by atoms with van der Waals surface area (Å²) in [6, 6.07) is 7.51. The molecule has 0 spiro atoms. The van der Waals surface area contributed by atoms with E-state index in [0.717, 1.165) is 12.8 Å². The van der Waals surface area contributed by atoms with Crippen LogP contribution in [0.3, 0.4) is 0 Å². The van der Waals surface area contributed by atoms with Gasteiger partial charge in [-0.1, -0.05) is 6.07 Å². The van der Waals surface area contributed by atoms with Gasteiger partial charge in [0.1, 0.15) is 34.2 Å². The number of nitrogens with one attached hydrogen (secondary N) is 1. The summed E-state index contributed by atoms with van der Waals surface area (Å²) in [6.07, 6.45) is 3.22. The summed E-state index contributed by atoms with van der Waals surface area (Å²) < 4.78 is 12.6. The molecule has 3 aromatic heterocycles. The first-order valence-electron chi connectivity index (χ1n) is 11.8. The van der Waals surface area contributed by atoms with E-state index < -0.39 is 11.2 Å². The van der Waals surface area contributed by atoms with Crippen LogP contribution in [0.2, 0.25) is 0 Å². The highest BCUT2D eigenvalue weighted by atomic mass is 16.6. The molecule has 0 saturated carbocycles. The molecule has 1 aliphatic heterocycles. The average Bonchev–Trinajstić information content (AvgIpc) is 3.20. The highest BCUT2D eigenvalue weighted by molar-refractivity contribution is 5.68. The normalized spacial score (nSPS) is 16.9. The lowest BCUT2D eigenvalue weighted by Gasteiger charge is -2.34.